The van der Waals surface area contributed by atoms with Crippen LogP contribution < -0.4 is 14.4 Å². The number of ether oxygens (including phenoxy) is 2. The van der Waals surface area contributed by atoms with Gasteiger partial charge in [-0.15, -0.1) is 0 Å². The molecular weight excluding hydrogens is 498 g/mol. The van der Waals surface area contributed by atoms with Gasteiger partial charge in [0.05, 0.1) is 42.3 Å². The molecule has 6 rings (SSSR count). The first-order valence-electron chi connectivity index (χ1n) is 12.2. The van der Waals surface area contributed by atoms with Crippen molar-refractivity contribution >= 4 is 27.3 Å². The maximum absolute atomic E-state index is 11.5. The van der Waals surface area contributed by atoms with Gasteiger partial charge in [0.25, 0.3) is 0 Å². The van der Waals surface area contributed by atoms with Gasteiger partial charge in [-0.3, -0.25) is 0 Å². The molecule has 192 valence electrons. The van der Waals surface area contributed by atoms with E-state index in [-0.39, 0.29) is 16.4 Å². The van der Waals surface area contributed by atoms with Crippen LogP contribution in [0.4, 0.5) is 5.69 Å². The van der Waals surface area contributed by atoms with Crippen molar-refractivity contribution in [2.75, 3.05) is 44.1 Å². The van der Waals surface area contributed by atoms with Crippen molar-refractivity contribution in [3.8, 4) is 11.8 Å². The van der Waals surface area contributed by atoms with Crippen molar-refractivity contribution in [2.24, 2.45) is 5.41 Å². The molecule has 3 saturated carbocycles. The highest BCUT2D eigenvalue weighted by Crippen LogP contribution is 2.67. The van der Waals surface area contributed by atoms with Crippen LogP contribution in [0, 0.1) is 16.7 Å². The van der Waals surface area contributed by atoms with E-state index in [9.17, 15) is 13.7 Å². The maximum Gasteiger partial charge on any atom is 0.209 e. The SMILES string of the molecule is CC(C)(c1ccc(OCC23CC(NS(C)(=O)=O)(C2)C3)cc1)c1cc(Cl)c(N2CCOCC2)c(C#N)c1. The molecule has 1 saturated heterocycles. The maximum atomic E-state index is 11.5. The zero-order valence-corrected chi connectivity index (χ0v) is 22.5. The van der Waals surface area contributed by atoms with Crippen molar-refractivity contribution < 1.29 is 17.9 Å². The molecule has 9 heteroatoms. The minimum Gasteiger partial charge on any atom is -0.493 e. The molecule has 3 aliphatic carbocycles. The van der Waals surface area contributed by atoms with Crippen molar-refractivity contribution in [1.82, 2.24) is 4.72 Å². The normalized spacial score (nSPS) is 25.5. The van der Waals surface area contributed by atoms with E-state index in [0.29, 0.717) is 30.4 Å². The minimum absolute atomic E-state index is 0.0856. The number of nitriles is 1. The zero-order valence-electron chi connectivity index (χ0n) is 20.9. The second kappa shape index (κ2) is 8.91. The van der Waals surface area contributed by atoms with E-state index >= 15 is 0 Å². The number of sulfonamides is 1. The van der Waals surface area contributed by atoms with Crippen LogP contribution in [-0.2, 0) is 20.2 Å². The number of nitrogens with zero attached hydrogens (tertiary/aromatic N) is 2. The summed E-state index contributed by atoms with van der Waals surface area (Å²) < 4.78 is 37.4. The molecule has 2 aromatic rings. The first-order chi connectivity index (χ1) is 16.9. The number of anilines is 1. The molecule has 2 aromatic carbocycles. The van der Waals surface area contributed by atoms with E-state index in [1.165, 1.54) is 6.26 Å². The number of hydrogen-bond donors (Lipinski definition) is 1. The third kappa shape index (κ3) is 4.70. The molecule has 2 bridgehead atoms. The van der Waals surface area contributed by atoms with Gasteiger partial charge < -0.3 is 14.4 Å². The van der Waals surface area contributed by atoms with Gasteiger partial charge in [-0.2, -0.15) is 5.26 Å². The minimum atomic E-state index is -3.18. The van der Waals surface area contributed by atoms with E-state index < -0.39 is 10.0 Å². The van der Waals surface area contributed by atoms with Crippen LogP contribution in [-0.4, -0.2) is 53.1 Å². The smallest absolute Gasteiger partial charge is 0.209 e. The third-order valence-electron chi connectivity index (χ3n) is 7.90. The molecule has 0 radical (unpaired) electrons. The van der Waals surface area contributed by atoms with E-state index in [1.54, 1.807) is 0 Å². The van der Waals surface area contributed by atoms with E-state index in [0.717, 1.165) is 54.9 Å². The molecule has 36 heavy (non-hydrogen) atoms. The van der Waals surface area contributed by atoms with Crippen molar-refractivity contribution in [2.45, 2.75) is 44.1 Å². The van der Waals surface area contributed by atoms with Crippen LogP contribution in [0.15, 0.2) is 36.4 Å². The molecule has 1 aliphatic heterocycles. The third-order valence-corrected chi connectivity index (χ3v) is 8.99. The fourth-order valence-electron chi connectivity index (χ4n) is 6.18. The Balaban J connectivity index is 1.26. The van der Waals surface area contributed by atoms with Crippen LogP contribution in [0.5, 0.6) is 5.75 Å². The summed E-state index contributed by atoms with van der Waals surface area (Å²) in [6.45, 7) is 7.53. The average molecular weight is 530 g/mol. The Hall–Kier alpha value is -2.31. The summed E-state index contributed by atoms with van der Waals surface area (Å²) in [6.07, 6.45) is 3.72. The van der Waals surface area contributed by atoms with Gasteiger partial charge >= 0.3 is 0 Å². The van der Waals surface area contributed by atoms with Crippen LogP contribution >= 0.6 is 11.6 Å². The lowest BCUT2D eigenvalue weighted by Gasteiger charge is -2.69. The quantitative estimate of drug-likeness (QED) is 0.550. The Bertz CT molecular complexity index is 1290. The summed E-state index contributed by atoms with van der Waals surface area (Å²) >= 11 is 6.73. The van der Waals surface area contributed by atoms with E-state index in [2.05, 4.69) is 41.7 Å². The molecule has 1 heterocycles. The number of morpholine rings is 1. The summed E-state index contributed by atoms with van der Waals surface area (Å²) in [5, 5.41) is 10.5. The van der Waals surface area contributed by atoms with Gasteiger partial charge in [-0.1, -0.05) is 37.6 Å². The number of nitrogens with one attached hydrogen (secondary N) is 1. The summed E-state index contributed by atoms with van der Waals surface area (Å²) in [4.78, 5) is 2.12. The highest BCUT2D eigenvalue weighted by Gasteiger charge is 2.69. The molecule has 1 N–H and O–H groups in total. The number of rotatable bonds is 8. The van der Waals surface area contributed by atoms with Gasteiger partial charge in [0, 0.05) is 29.5 Å². The van der Waals surface area contributed by atoms with Crippen LogP contribution in [0.2, 0.25) is 5.02 Å². The van der Waals surface area contributed by atoms with Gasteiger partial charge in [-0.25, -0.2) is 13.1 Å². The Kier molecular flexibility index (Phi) is 6.27. The predicted molar refractivity (Wildman–Crippen MR) is 140 cm³/mol. The van der Waals surface area contributed by atoms with E-state index in [1.807, 2.05) is 24.3 Å². The fourth-order valence-corrected chi connectivity index (χ4v) is 7.52. The molecule has 4 fully saturated rings. The molecule has 0 amide bonds. The molecular formula is C27H32ClN3O4S. The van der Waals surface area contributed by atoms with Gasteiger partial charge in [-0.05, 0) is 54.7 Å². The van der Waals surface area contributed by atoms with Crippen molar-refractivity contribution in [3.05, 3.63) is 58.1 Å². The van der Waals surface area contributed by atoms with Gasteiger partial charge in [0.1, 0.15) is 11.8 Å². The average Bonchev–Trinajstić information content (AvgIpc) is 2.79. The molecule has 0 atom stereocenters. The number of halogens is 1. The Labute approximate surface area is 218 Å². The summed E-state index contributed by atoms with van der Waals surface area (Å²) in [5.41, 5.74) is 2.91. The van der Waals surface area contributed by atoms with Crippen LogP contribution in [0.1, 0.15) is 49.8 Å². The Morgan fingerprint density at radius 3 is 2.36 bits per heavy atom. The number of benzene rings is 2. The lowest BCUT2D eigenvalue weighted by molar-refractivity contribution is -0.162. The standard InChI is InChI=1S/C27H32ClN3O4S/c1-25(2,21-12-19(14-29)24(23(28)13-21)31-8-10-34-11-9-31)20-4-6-22(7-5-20)35-18-26-15-27(16-26,17-26)30-36(3,32)33/h4-7,12-13,30H,8-11,15-18H2,1-3H3. The molecule has 0 unspecified atom stereocenters. The Morgan fingerprint density at radius 2 is 1.78 bits per heavy atom. The monoisotopic (exact) mass is 529 g/mol. The molecule has 4 aliphatic rings. The summed E-state index contributed by atoms with van der Waals surface area (Å²) in [5.74, 6) is 0.794. The van der Waals surface area contributed by atoms with Crippen molar-refractivity contribution in [1.29, 1.82) is 5.26 Å². The second-order valence-electron chi connectivity index (χ2n) is 11.2. The lowest BCUT2D eigenvalue weighted by Crippen LogP contribution is -2.76. The van der Waals surface area contributed by atoms with E-state index in [4.69, 9.17) is 21.1 Å². The zero-order chi connectivity index (χ0) is 25.8. The molecule has 0 aromatic heterocycles. The fraction of sp³-hybridized carbons (Fsp3) is 0.519. The first-order valence-corrected chi connectivity index (χ1v) is 14.5. The summed E-state index contributed by atoms with van der Waals surface area (Å²) in [6, 6.07) is 14.3. The topological polar surface area (TPSA) is 91.7 Å². The largest absolute Gasteiger partial charge is 0.493 e. The summed E-state index contributed by atoms with van der Waals surface area (Å²) in [7, 11) is -3.18. The van der Waals surface area contributed by atoms with Crippen LogP contribution in [0.25, 0.3) is 0 Å². The van der Waals surface area contributed by atoms with Crippen molar-refractivity contribution in [3.63, 3.8) is 0 Å². The highest BCUT2D eigenvalue weighted by molar-refractivity contribution is 7.88. The highest BCUT2D eigenvalue weighted by atomic mass is 35.5. The second-order valence-corrected chi connectivity index (χ2v) is 13.3. The van der Waals surface area contributed by atoms with Crippen LogP contribution in [0.3, 0.4) is 0 Å². The lowest BCUT2D eigenvalue weighted by atomic mass is 9.40. The Morgan fingerprint density at radius 1 is 1.14 bits per heavy atom. The number of hydrogen-bond acceptors (Lipinski definition) is 6. The van der Waals surface area contributed by atoms with Gasteiger partial charge in [0.2, 0.25) is 10.0 Å². The molecule has 0 spiro atoms. The first kappa shape index (κ1) is 25.3. The molecule has 7 nitrogen and oxygen atoms in total. The van der Waals surface area contributed by atoms with Gasteiger partial charge in [0.15, 0.2) is 0 Å². The predicted octanol–water partition coefficient (Wildman–Crippen LogP) is 4.22.